The third-order valence-corrected chi connectivity index (χ3v) is 3.28. The highest BCUT2D eigenvalue weighted by molar-refractivity contribution is 5.58. The van der Waals surface area contributed by atoms with E-state index in [1.165, 1.54) is 12.8 Å². The smallest absolute Gasteiger partial charge is 0.174 e. The van der Waals surface area contributed by atoms with Gasteiger partial charge in [-0.3, -0.25) is 0 Å². The number of nitriles is 1. The summed E-state index contributed by atoms with van der Waals surface area (Å²) in [6, 6.07) is 9.99. The van der Waals surface area contributed by atoms with Gasteiger partial charge in [0.25, 0.3) is 0 Å². The van der Waals surface area contributed by atoms with Gasteiger partial charge in [0.05, 0.1) is 5.69 Å². The monoisotopic (exact) mass is 230 g/mol. The summed E-state index contributed by atoms with van der Waals surface area (Å²) in [7, 11) is 0. The first-order chi connectivity index (χ1) is 8.31. The Labute approximate surface area is 103 Å². The Balaban J connectivity index is 2.11. The number of benzene rings is 1. The van der Waals surface area contributed by atoms with Crippen LogP contribution in [0.25, 0.3) is 0 Å². The van der Waals surface area contributed by atoms with Crippen LogP contribution in [0.1, 0.15) is 19.8 Å². The summed E-state index contributed by atoms with van der Waals surface area (Å²) in [4.78, 5) is 2.35. The largest absolute Gasteiger partial charge is 0.477 e. The van der Waals surface area contributed by atoms with Gasteiger partial charge in [0.1, 0.15) is 11.8 Å². The fraction of sp³-hybridized carbons (Fsp3) is 0.500. The van der Waals surface area contributed by atoms with E-state index in [0.29, 0.717) is 0 Å². The summed E-state index contributed by atoms with van der Waals surface area (Å²) in [5.74, 6) is 1.64. The van der Waals surface area contributed by atoms with E-state index in [2.05, 4.69) is 17.9 Å². The molecule has 0 aromatic heterocycles. The van der Waals surface area contributed by atoms with Gasteiger partial charge >= 0.3 is 0 Å². The minimum absolute atomic E-state index is 0.112. The van der Waals surface area contributed by atoms with Gasteiger partial charge in [-0.2, -0.15) is 5.26 Å². The Kier molecular flexibility index (Phi) is 3.87. The molecule has 1 fully saturated rings. The van der Waals surface area contributed by atoms with Crippen LogP contribution in [0.15, 0.2) is 24.3 Å². The van der Waals surface area contributed by atoms with Crippen LogP contribution >= 0.6 is 0 Å². The zero-order valence-electron chi connectivity index (χ0n) is 10.2. The van der Waals surface area contributed by atoms with Crippen LogP contribution in [-0.2, 0) is 0 Å². The number of para-hydroxylation sites is 2. The van der Waals surface area contributed by atoms with Crippen molar-refractivity contribution in [2.75, 3.05) is 24.6 Å². The summed E-state index contributed by atoms with van der Waals surface area (Å²) >= 11 is 0. The molecule has 0 unspecified atom stereocenters. The van der Waals surface area contributed by atoms with E-state index in [0.717, 1.165) is 30.4 Å². The number of hydrogen-bond donors (Lipinski definition) is 0. The molecule has 3 nitrogen and oxygen atoms in total. The van der Waals surface area contributed by atoms with E-state index in [-0.39, 0.29) is 6.61 Å². The normalized spacial score (nSPS) is 16.6. The Morgan fingerprint density at radius 3 is 2.76 bits per heavy atom. The van der Waals surface area contributed by atoms with E-state index >= 15 is 0 Å². The lowest BCUT2D eigenvalue weighted by atomic mass is 9.99. The fourth-order valence-corrected chi connectivity index (χ4v) is 2.20. The molecule has 0 saturated carbocycles. The second kappa shape index (κ2) is 5.58. The predicted molar refractivity (Wildman–Crippen MR) is 68.2 cm³/mol. The zero-order chi connectivity index (χ0) is 12.1. The first-order valence-corrected chi connectivity index (χ1v) is 6.15. The number of rotatable bonds is 3. The standard InChI is InChI=1S/C14H18N2O/c1-12-6-9-16(10-7-12)13-4-2-3-5-14(13)17-11-8-15/h2-5,12H,6-7,9-11H2,1H3. The molecule has 0 atom stereocenters. The van der Waals surface area contributed by atoms with Crippen LogP contribution in [0.4, 0.5) is 5.69 Å². The lowest BCUT2D eigenvalue weighted by molar-refractivity contribution is 0.364. The van der Waals surface area contributed by atoms with Gasteiger partial charge in [-0.1, -0.05) is 19.1 Å². The molecule has 17 heavy (non-hydrogen) atoms. The summed E-state index contributed by atoms with van der Waals surface area (Å²) < 4.78 is 5.46. The number of nitrogens with zero attached hydrogens (tertiary/aromatic N) is 2. The van der Waals surface area contributed by atoms with Gasteiger partial charge in [-0.15, -0.1) is 0 Å². The summed E-state index contributed by atoms with van der Waals surface area (Å²) in [5.41, 5.74) is 1.12. The quantitative estimate of drug-likeness (QED) is 0.801. The maximum Gasteiger partial charge on any atom is 0.174 e. The second-order valence-electron chi connectivity index (χ2n) is 4.58. The summed E-state index contributed by atoms with van der Waals surface area (Å²) in [6.07, 6.45) is 2.46. The molecular formula is C14H18N2O. The average Bonchev–Trinajstić information content (AvgIpc) is 2.38. The first kappa shape index (κ1) is 11.8. The van der Waals surface area contributed by atoms with Crippen LogP contribution < -0.4 is 9.64 Å². The molecule has 1 aromatic rings. The van der Waals surface area contributed by atoms with Crippen LogP contribution in [0.2, 0.25) is 0 Å². The minimum atomic E-state index is 0.112. The third-order valence-electron chi connectivity index (χ3n) is 3.28. The van der Waals surface area contributed by atoms with Crippen molar-refractivity contribution in [2.45, 2.75) is 19.8 Å². The molecular weight excluding hydrogens is 212 g/mol. The van der Waals surface area contributed by atoms with Gasteiger partial charge in [-0.05, 0) is 30.9 Å². The van der Waals surface area contributed by atoms with Gasteiger partial charge in [0.2, 0.25) is 0 Å². The van der Waals surface area contributed by atoms with Crippen LogP contribution in [0.5, 0.6) is 5.75 Å². The number of piperidine rings is 1. The SMILES string of the molecule is CC1CCN(c2ccccc2OCC#N)CC1. The van der Waals surface area contributed by atoms with Crippen molar-refractivity contribution in [3.63, 3.8) is 0 Å². The van der Waals surface area contributed by atoms with Crippen molar-refractivity contribution in [1.82, 2.24) is 0 Å². The van der Waals surface area contributed by atoms with Crippen LogP contribution in [0.3, 0.4) is 0 Å². The molecule has 1 aromatic carbocycles. The lowest BCUT2D eigenvalue weighted by Gasteiger charge is -2.33. The van der Waals surface area contributed by atoms with E-state index in [1.54, 1.807) is 0 Å². The van der Waals surface area contributed by atoms with Gasteiger partial charge in [0.15, 0.2) is 6.61 Å². The molecule has 2 rings (SSSR count). The highest BCUT2D eigenvalue weighted by Gasteiger charge is 2.18. The fourth-order valence-electron chi connectivity index (χ4n) is 2.20. The van der Waals surface area contributed by atoms with Crippen molar-refractivity contribution in [3.8, 4) is 11.8 Å². The van der Waals surface area contributed by atoms with E-state index in [4.69, 9.17) is 10.00 Å². The van der Waals surface area contributed by atoms with Crippen LogP contribution in [0, 0.1) is 17.2 Å². The minimum Gasteiger partial charge on any atom is -0.477 e. The van der Waals surface area contributed by atoms with Crippen molar-refractivity contribution in [2.24, 2.45) is 5.92 Å². The average molecular weight is 230 g/mol. The summed E-state index contributed by atoms with van der Waals surface area (Å²) in [5, 5.41) is 8.57. The Morgan fingerprint density at radius 1 is 1.35 bits per heavy atom. The molecule has 1 aliphatic heterocycles. The Morgan fingerprint density at radius 2 is 2.06 bits per heavy atom. The zero-order valence-corrected chi connectivity index (χ0v) is 10.2. The van der Waals surface area contributed by atoms with Gasteiger partial charge < -0.3 is 9.64 Å². The molecule has 0 N–H and O–H groups in total. The van der Waals surface area contributed by atoms with Gasteiger partial charge in [0, 0.05) is 13.1 Å². The third kappa shape index (κ3) is 2.91. The summed E-state index contributed by atoms with van der Waals surface area (Å²) in [6.45, 7) is 4.57. The predicted octanol–water partition coefficient (Wildman–Crippen LogP) is 2.83. The van der Waals surface area contributed by atoms with E-state index < -0.39 is 0 Å². The van der Waals surface area contributed by atoms with Crippen molar-refractivity contribution in [1.29, 1.82) is 5.26 Å². The molecule has 0 spiro atoms. The molecule has 1 aliphatic rings. The van der Waals surface area contributed by atoms with Crippen molar-refractivity contribution in [3.05, 3.63) is 24.3 Å². The topological polar surface area (TPSA) is 36.3 Å². The number of ether oxygens (including phenoxy) is 1. The molecule has 0 radical (unpaired) electrons. The Bertz CT molecular complexity index is 403. The van der Waals surface area contributed by atoms with Crippen molar-refractivity contribution >= 4 is 5.69 Å². The Hall–Kier alpha value is -1.69. The number of anilines is 1. The first-order valence-electron chi connectivity index (χ1n) is 6.15. The highest BCUT2D eigenvalue weighted by atomic mass is 16.5. The van der Waals surface area contributed by atoms with Crippen LogP contribution in [-0.4, -0.2) is 19.7 Å². The molecule has 0 amide bonds. The molecule has 0 aliphatic carbocycles. The molecule has 0 bridgehead atoms. The van der Waals surface area contributed by atoms with Gasteiger partial charge in [-0.25, -0.2) is 0 Å². The maximum atomic E-state index is 8.57. The molecule has 1 saturated heterocycles. The van der Waals surface area contributed by atoms with Crippen molar-refractivity contribution < 1.29 is 4.74 Å². The molecule has 3 heteroatoms. The lowest BCUT2D eigenvalue weighted by Crippen LogP contribution is -2.33. The highest BCUT2D eigenvalue weighted by Crippen LogP contribution is 2.31. The van der Waals surface area contributed by atoms with E-state index in [9.17, 15) is 0 Å². The molecule has 90 valence electrons. The maximum absolute atomic E-state index is 8.57. The second-order valence-corrected chi connectivity index (χ2v) is 4.58. The van der Waals surface area contributed by atoms with E-state index in [1.807, 2.05) is 24.3 Å². The number of hydrogen-bond acceptors (Lipinski definition) is 3. The molecule has 1 heterocycles.